The number of rotatable bonds is 5. The Morgan fingerprint density at radius 1 is 1.41 bits per heavy atom. The monoisotopic (exact) mass is 239 g/mol. The van der Waals surface area contributed by atoms with E-state index >= 15 is 0 Å². The Labute approximate surface area is 101 Å². The average molecular weight is 239 g/mol. The van der Waals surface area contributed by atoms with Crippen molar-refractivity contribution in [3.63, 3.8) is 0 Å². The lowest BCUT2D eigenvalue weighted by atomic mass is 9.87. The summed E-state index contributed by atoms with van der Waals surface area (Å²) in [6.45, 7) is 4.13. The third-order valence-electron chi connectivity index (χ3n) is 2.89. The van der Waals surface area contributed by atoms with Gasteiger partial charge in [0.05, 0.1) is 12.0 Å². The number of nitrogens with one attached hydrogen (secondary N) is 1. The molecule has 0 saturated heterocycles. The fraction of sp³-hybridized carbons (Fsp3) is 0.462. The Kier molecular flexibility index (Phi) is 4.63. The summed E-state index contributed by atoms with van der Waals surface area (Å²) >= 11 is 0. The van der Waals surface area contributed by atoms with Crippen molar-refractivity contribution in [2.75, 3.05) is 19.0 Å². The van der Waals surface area contributed by atoms with Gasteiger partial charge in [-0.15, -0.1) is 0 Å². The molecular formula is C13H18FNO2. The highest BCUT2D eigenvalue weighted by Crippen LogP contribution is 2.23. The number of hydrogen-bond donors (Lipinski definition) is 1. The fourth-order valence-electron chi connectivity index (χ4n) is 1.46. The summed E-state index contributed by atoms with van der Waals surface area (Å²) in [5.74, 6) is -0.438. The molecule has 0 aliphatic carbocycles. The number of benzene rings is 1. The van der Waals surface area contributed by atoms with Gasteiger partial charge in [0.1, 0.15) is 5.82 Å². The van der Waals surface area contributed by atoms with Crippen molar-refractivity contribution in [1.29, 1.82) is 0 Å². The molecule has 1 aromatic rings. The molecule has 17 heavy (non-hydrogen) atoms. The second-order valence-electron chi connectivity index (χ2n) is 4.31. The number of carbonyl (C=O) groups is 1. The van der Waals surface area contributed by atoms with E-state index in [2.05, 4.69) is 5.32 Å². The molecule has 0 fully saturated rings. The van der Waals surface area contributed by atoms with Gasteiger partial charge in [-0.2, -0.15) is 0 Å². The third kappa shape index (κ3) is 3.53. The normalized spacial score (nSPS) is 14.1. The summed E-state index contributed by atoms with van der Waals surface area (Å²) < 4.78 is 17.8. The van der Waals surface area contributed by atoms with E-state index in [1.807, 2.05) is 13.8 Å². The minimum absolute atomic E-state index is 0.117. The van der Waals surface area contributed by atoms with Gasteiger partial charge < -0.3 is 10.1 Å². The molecule has 1 unspecified atom stereocenters. The van der Waals surface area contributed by atoms with E-state index < -0.39 is 5.41 Å². The molecule has 94 valence electrons. The first-order valence-corrected chi connectivity index (χ1v) is 5.58. The van der Waals surface area contributed by atoms with Crippen LogP contribution in [0.1, 0.15) is 20.3 Å². The fourth-order valence-corrected chi connectivity index (χ4v) is 1.46. The Morgan fingerprint density at radius 2 is 2.00 bits per heavy atom. The largest absolute Gasteiger partial charge is 0.384 e. The molecule has 0 aliphatic heterocycles. The number of hydrogen-bond acceptors (Lipinski definition) is 2. The van der Waals surface area contributed by atoms with Gasteiger partial charge >= 0.3 is 0 Å². The number of ether oxygens (including phenoxy) is 1. The first-order valence-electron chi connectivity index (χ1n) is 5.58. The zero-order valence-corrected chi connectivity index (χ0v) is 10.4. The molecule has 3 nitrogen and oxygen atoms in total. The van der Waals surface area contributed by atoms with Crippen LogP contribution in [0.4, 0.5) is 10.1 Å². The number of amides is 1. The number of anilines is 1. The van der Waals surface area contributed by atoms with E-state index in [-0.39, 0.29) is 11.7 Å². The summed E-state index contributed by atoms with van der Waals surface area (Å²) in [5, 5.41) is 2.76. The standard InChI is InChI=1S/C13H18FNO2/c1-4-13(2,9-17-3)12(16)15-11-7-5-10(14)6-8-11/h5-8H,4,9H2,1-3H3,(H,15,16). The Bertz CT molecular complexity index is 378. The SMILES string of the molecule is CCC(C)(COC)C(=O)Nc1ccc(F)cc1. The predicted octanol–water partition coefficient (Wildman–Crippen LogP) is 2.83. The first kappa shape index (κ1) is 13.6. The Hall–Kier alpha value is -1.42. The second-order valence-corrected chi connectivity index (χ2v) is 4.31. The van der Waals surface area contributed by atoms with Crippen LogP contribution in [0, 0.1) is 11.2 Å². The lowest BCUT2D eigenvalue weighted by Gasteiger charge is -2.25. The molecule has 1 atom stereocenters. The van der Waals surface area contributed by atoms with Crippen molar-refractivity contribution in [3.8, 4) is 0 Å². The number of halogens is 1. The maximum atomic E-state index is 12.7. The summed E-state index contributed by atoms with van der Waals surface area (Å²) in [6, 6.07) is 5.71. The van der Waals surface area contributed by atoms with Crippen molar-refractivity contribution in [1.82, 2.24) is 0 Å². The molecule has 0 aromatic heterocycles. The van der Waals surface area contributed by atoms with E-state index in [1.54, 1.807) is 7.11 Å². The molecule has 0 heterocycles. The smallest absolute Gasteiger partial charge is 0.232 e. The summed E-state index contributed by atoms with van der Waals surface area (Å²) in [4.78, 5) is 12.1. The van der Waals surface area contributed by atoms with E-state index in [1.165, 1.54) is 24.3 Å². The summed E-state index contributed by atoms with van der Waals surface area (Å²) in [7, 11) is 1.57. The molecule has 0 aliphatic rings. The molecule has 1 N–H and O–H groups in total. The van der Waals surface area contributed by atoms with Crippen molar-refractivity contribution in [2.24, 2.45) is 5.41 Å². The molecule has 4 heteroatoms. The second kappa shape index (κ2) is 5.77. The highest BCUT2D eigenvalue weighted by Gasteiger charge is 2.31. The lowest BCUT2D eigenvalue weighted by molar-refractivity contribution is -0.127. The van der Waals surface area contributed by atoms with Crippen LogP contribution in [0.25, 0.3) is 0 Å². The topological polar surface area (TPSA) is 38.3 Å². The minimum atomic E-state index is -0.566. The van der Waals surface area contributed by atoms with Gasteiger partial charge in [0.25, 0.3) is 0 Å². The maximum Gasteiger partial charge on any atom is 0.232 e. The average Bonchev–Trinajstić information content (AvgIpc) is 2.32. The van der Waals surface area contributed by atoms with Crippen LogP contribution < -0.4 is 5.32 Å². The maximum absolute atomic E-state index is 12.7. The Morgan fingerprint density at radius 3 is 2.47 bits per heavy atom. The van der Waals surface area contributed by atoms with E-state index in [0.717, 1.165) is 0 Å². The zero-order chi connectivity index (χ0) is 12.9. The lowest BCUT2D eigenvalue weighted by Crippen LogP contribution is -2.36. The van der Waals surface area contributed by atoms with Crippen molar-refractivity contribution >= 4 is 11.6 Å². The Balaban J connectivity index is 2.73. The van der Waals surface area contributed by atoms with Crippen molar-refractivity contribution in [3.05, 3.63) is 30.1 Å². The highest BCUT2D eigenvalue weighted by molar-refractivity contribution is 5.95. The van der Waals surface area contributed by atoms with Crippen LogP contribution in [0.2, 0.25) is 0 Å². The number of methoxy groups -OCH3 is 1. The van der Waals surface area contributed by atoms with Crippen molar-refractivity contribution < 1.29 is 13.9 Å². The van der Waals surface area contributed by atoms with Crippen LogP contribution in [0.3, 0.4) is 0 Å². The minimum Gasteiger partial charge on any atom is -0.384 e. The van der Waals surface area contributed by atoms with Gasteiger partial charge in [0.2, 0.25) is 5.91 Å². The molecule has 1 aromatic carbocycles. The van der Waals surface area contributed by atoms with Crippen LogP contribution >= 0.6 is 0 Å². The first-order chi connectivity index (χ1) is 8.01. The molecule has 1 amide bonds. The quantitative estimate of drug-likeness (QED) is 0.858. The molecular weight excluding hydrogens is 221 g/mol. The number of carbonyl (C=O) groups excluding carboxylic acids is 1. The molecule has 0 bridgehead atoms. The van der Waals surface area contributed by atoms with Crippen LogP contribution in [-0.4, -0.2) is 19.6 Å². The van der Waals surface area contributed by atoms with Gasteiger partial charge in [0, 0.05) is 12.8 Å². The van der Waals surface area contributed by atoms with E-state index in [0.29, 0.717) is 18.7 Å². The van der Waals surface area contributed by atoms with E-state index in [9.17, 15) is 9.18 Å². The van der Waals surface area contributed by atoms with Gasteiger partial charge in [-0.3, -0.25) is 4.79 Å². The summed E-state index contributed by atoms with van der Waals surface area (Å²) in [6.07, 6.45) is 0.674. The third-order valence-corrected chi connectivity index (χ3v) is 2.89. The van der Waals surface area contributed by atoms with E-state index in [4.69, 9.17) is 4.74 Å². The van der Waals surface area contributed by atoms with Crippen LogP contribution in [0.5, 0.6) is 0 Å². The molecule has 0 saturated carbocycles. The summed E-state index contributed by atoms with van der Waals surface area (Å²) in [5.41, 5.74) is 0.0236. The van der Waals surface area contributed by atoms with Crippen LogP contribution in [-0.2, 0) is 9.53 Å². The molecule has 1 rings (SSSR count). The van der Waals surface area contributed by atoms with Gasteiger partial charge in [0.15, 0.2) is 0 Å². The zero-order valence-electron chi connectivity index (χ0n) is 10.4. The molecule has 0 spiro atoms. The highest BCUT2D eigenvalue weighted by atomic mass is 19.1. The van der Waals surface area contributed by atoms with Gasteiger partial charge in [-0.25, -0.2) is 4.39 Å². The molecule has 0 radical (unpaired) electrons. The van der Waals surface area contributed by atoms with Crippen LogP contribution in [0.15, 0.2) is 24.3 Å². The van der Waals surface area contributed by atoms with Gasteiger partial charge in [-0.05, 0) is 37.6 Å². The van der Waals surface area contributed by atoms with Crippen molar-refractivity contribution in [2.45, 2.75) is 20.3 Å². The predicted molar refractivity (Wildman–Crippen MR) is 65.3 cm³/mol. The van der Waals surface area contributed by atoms with Gasteiger partial charge in [-0.1, -0.05) is 6.92 Å².